The van der Waals surface area contributed by atoms with E-state index in [1.807, 2.05) is 34.7 Å². The van der Waals surface area contributed by atoms with Crippen LogP contribution >= 0.6 is 0 Å². The Kier molecular flexibility index (Phi) is 6.16. The number of amides is 2. The maximum Gasteiger partial charge on any atom is 0.273 e. The van der Waals surface area contributed by atoms with Crippen molar-refractivity contribution in [3.05, 3.63) is 82.7 Å². The van der Waals surface area contributed by atoms with Crippen LogP contribution in [-0.4, -0.2) is 57.5 Å². The van der Waals surface area contributed by atoms with Crippen molar-refractivity contribution >= 4 is 27.5 Å². The van der Waals surface area contributed by atoms with Crippen LogP contribution < -0.4 is 4.72 Å². The molecule has 7 rings (SSSR count). The lowest BCUT2D eigenvalue weighted by Gasteiger charge is -2.35. The van der Waals surface area contributed by atoms with Gasteiger partial charge in [0.2, 0.25) is 21.9 Å². The first-order valence-electron chi connectivity index (χ1n) is 14.1. The normalized spacial score (nSPS) is 21.7. The SMILES string of the molecule is C[C@@H]1c2ccccc2CCN1C(=O)c1cc(C2CC2)n2nc(-c3ccc(C4C[C@H]4C(=O)NS(C)(=O)=O)nc3F)cc2n1. The zero-order valence-electron chi connectivity index (χ0n) is 23.1. The molecule has 10 nitrogen and oxygen atoms in total. The Bertz CT molecular complexity index is 1890. The van der Waals surface area contributed by atoms with Crippen molar-refractivity contribution in [2.45, 2.75) is 50.5 Å². The highest BCUT2D eigenvalue weighted by Gasteiger charge is 2.46. The van der Waals surface area contributed by atoms with Crippen LogP contribution in [0.2, 0.25) is 0 Å². The molecule has 0 spiro atoms. The number of rotatable bonds is 6. The zero-order chi connectivity index (χ0) is 29.3. The van der Waals surface area contributed by atoms with Gasteiger partial charge < -0.3 is 4.90 Å². The summed E-state index contributed by atoms with van der Waals surface area (Å²) in [6.45, 7) is 2.64. The molecule has 2 saturated carbocycles. The Morgan fingerprint density at radius 3 is 2.60 bits per heavy atom. The molecule has 216 valence electrons. The van der Waals surface area contributed by atoms with Gasteiger partial charge in [-0.05, 0) is 61.9 Å². The van der Waals surface area contributed by atoms with Crippen molar-refractivity contribution < 1.29 is 22.4 Å². The van der Waals surface area contributed by atoms with E-state index in [0.29, 0.717) is 35.7 Å². The van der Waals surface area contributed by atoms with Gasteiger partial charge >= 0.3 is 0 Å². The van der Waals surface area contributed by atoms with E-state index in [4.69, 9.17) is 0 Å². The lowest BCUT2D eigenvalue weighted by Crippen LogP contribution is -2.39. The van der Waals surface area contributed by atoms with E-state index in [-0.39, 0.29) is 29.3 Å². The number of benzene rings is 1. The van der Waals surface area contributed by atoms with Crippen molar-refractivity contribution in [3.63, 3.8) is 0 Å². The van der Waals surface area contributed by atoms with E-state index in [2.05, 4.69) is 27.2 Å². The topological polar surface area (TPSA) is 127 Å². The summed E-state index contributed by atoms with van der Waals surface area (Å²) < 4.78 is 41.7. The zero-order valence-corrected chi connectivity index (χ0v) is 23.9. The number of hydrogen-bond donors (Lipinski definition) is 1. The number of halogens is 1. The van der Waals surface area contributed by atoms with Crippen molar-refractivity contribution in [3.8, 4) is 11.3 Å². The van der Waals surface area contributed by atoms with Gasteiger partial charge in [-0.1, -0.05) is 24.3 Å². The predicted octanol–water partition coefficient (Wildman–Crippen LogP) is 3.75. The lowest BCUT2D eigenvalue weighted by molar-refractivity contribution is -0.120. The third kappa shape index (κ3) is 4.83. The Morgan fingerprint density at radius 2 is 1.86 bits per heavy atom. The maximum absolute atomic E-state index is 15.3. The summed E-state index contributed by atoms with van der Waals surface area (Å²) in [5.74, 6) is -2.15. The average molecular weight is 589 g/mol. The second kappa shape index (κ2) is 9.69. The minimum atomic E-state index is -3.67. The molecule has 2 amide bonds. The van der Waals surface area contributed by atoms with E-state index in [0.717, 1.165) is 36.8 Å². The molecule has 1 aliphatic heterocycles. The molecule has 2 fully saturated rings. The van der Waals surface area contributed by atoms with Crippen LogP contribution in [0, 0.1) is 11.9 Å². The van der Waals surface area contributed by atoms with Gasteiger partial charge in [0.15, 0.2) is 5.65 Å². The number of carbonyl (C=O) groups is 2. The summed E-state index contributed by atoms with van der Waals surface area (Å²) in [7, 11) is -3.67. The van der Waals surface area contributed by atoms with Crippen LogP contribution in [0.1, 0.15) is 77.1 Å². The summed E-state index contributed by atoms with van der Waals surface area (Å²) in [6.07, 6.45) is 4.06. The molecule has 4 heterocycles. The van der Waals surface area contributed by atoms with Crippen LogP contribution in [0.3, 0.4) is 0 Å². The van der Waals surface area contributed by atoms with Gasteiger partial charge in [0.25, 0.3) is 5.91 Å². The molecule has 0 radical (unpaired) electrons. The summed E-state index contributed by atoms with van der Waals surface area (Å²) >= 11 is 0. The number of hydrogen-bond acceptors (Lipinski definition) is 7. The fourth-order valence-electron chi connectivity index (χ4n) is 6.02. The molecule has 4 aromatic rings. The van der Waals surface area contributed by atoms with Gasteiger partial charge in [0, 0.05) is 41.8 Å². The fourth-order valence-corrected chi connectivity index (χ4v) is 6.54. The molecule has 0 saturated heterocycles. The first-order chi connectivity index (χ1) is 20.1. The van der Waals surface area contributed by atoms with E-state index in [1.165, 1.54) is 5.56 Å². The van der Waals surface area contributed by atoms with Crippen LogP contribution in [-0.2, 0) is 21.2 Å². The quantitative estimate of drug-likeness (QED) is 0.340. The van der Waals surface area contributed by atoms with Gasteiger partial charge in [-0.15, -0.1) is 0 Å². The van der Waals surface area contributed by atoms with E-state index >= 15 is 4.39 Å². The second-order valence-corrected chi connectivity index (χ2v) is 13.3. The molecule has 3 atom stereocenters. The van der Waals surface area contributed by atoms with Crippen LogP contribution in [0.15, 0.2) is 48.5 Å². The highest BCUT2D eigenvalue weighted by molar-refractivity contribution is 7.89. The summed E-state index contributed by atoms with van der Waals surface area (Å²) in [5.41, 5.74) is 5.00. The Labute approximate surface area is 242 Å². The van der Waals surface area contributed by atoms with E-state index in [1.54, 1.807) is 22.7 Å². The molecule has 1 aromatic carbocycles. The van der Waals surface area contributed by atoms with Gasteiger partial charge in [-0.25, -0.2) is 22.9 Å². The Hall–Kier alpha value is -4.19. The van der Waals surface area contributed by atoms with Crippen LogP contribution in [0.4, 0.5) is 4.39 Å². The van der Waals surface area contributed by atoms with Crippen LogP contribution in [0.25, 0.3) is 16.9 Å². The standard InChI is InChI=1S/C30H29FN6O4S/c1-16-19-6-4-3-5-17(19)11-12-36(16)30(39)25-14-26(18-7-8-18)37-27(32-25)15-24(34-37)20-9-10-23(33-28(20)31)21-13-22(21)29(38)35-42(2,40)41/h3-6,9-10,14-16,18,21-22H,7-8,11-13H2,1-2H3,(H,35,38)/t16-,21?,22-/m1/s1. The predicted molar refractivity (Wildman–Crippen MR) is 152 cm³/mol. The van der Waals surface area contributed by atoms with E-state index in [9.17, 15) is 18.0 Å². The number of pyridine rings is 1. The average Bonchev–Trinajstić information content (AvgIpc) is 3.88. The summed E-state index contributed by atoms with van der Waals surface area (Å²) in [5, 5.41) is 4.65. The minimum absolute atomic E-state index is 0.0764. The summed E-state index contributed by atoms with van der Waals surface area (Å²) in [4.78, 5) is 36.5. The molecule has 12 heteroatoms. The van der Waals surface area contributed by atoms with Gasteiger partial charge in [0.1, 0.15) is 5.69 Å². The van der Waals surface area contributed by atoms with E-state index < -0.39 is 27.8 Å². The van der Waals surface area contributed by atoms with Gasteiger partial charge in [-0.3, -0.25) is 14.3 Å². The van der Waals surface area contributed by atoms with Crippen molar-refractivity contribution in [2.24, 2.45) is 5.92 Å². The number of nitrogens with zero attached hydrogens (tertiary/aromatic N) is 5. The largest absolute Gasteiger partial charge is 0.330 e. The van der Waals surface area contributed by atoms with Gasteiger partial charge in [0.05, 0.1) is 23.6 Å². The first-order valence-corrected chi connectivity index (χ1v) is 15.9. The number of nitrogens with one attached hydrogen (secondary N) is 1. The number of aromatic nitrogens is 4. The molecular weight excluding hydrogens is 559 g/mol. The van der Waals surface area contributed by atoms with Crippen molar-refractivity contribution in [1.29, 1.82) is 0 Å². The molecule has 0 bridgehead atoms. The highest BCUT2D eigenvalue weighted by Crippen LogP contribution is 2.47. The Morgan fingerprint density at radius 1 is 1.07 bits per heavy atom. The first kappa shape index (κ1) is 26.7. The van der Waals surface area contributed by atoms with Crippen molar-refractivity contribution in [1.82, 2.24) is 29.2 Å². The third-order valence-corrected chi connectivity index (χ3v) is 9.04. The number of sulfonamides is 1. The molecule has 1 N–H and O–H groups in total. The lowest BCUT2D eigenvalue weighted by atomic mass is 9.93. The Balaban J connectivity index is 1.17. The minimum Gasteiger partial charge on any atom is -0.330 e. The fraction of sp³-hybridized carbons (Fsp3) is 0.367. The van der Waals surface area contributed by atoms with Crippen LogP contribution in [0.5, 0.6) is 0 Å². The molecular formula is C30H29FN6O4S. The highest BCUT2D eigenvalue weighted by atomic mass is 32.2. The molecule has 2 aliphatic carbocycles. The maximum atomic E-state index is 15.3. The molecule has 1 unspecified atom stereocenters. The monoisotopic (exact) mass is 588 g/mol. The molecule has 42 heavy (non-hydrogen) atoms. The number of carbonyl (C=O) groups excluding carboxylic acids is 2. The smallest absolute Gasteiger partial charge is 0.273 e. The molecule has 3 aromatic heterocycles. The summed E-state index contributed by atoms with van der Waals surface area (Å²) in [6, 6.07) is 14.8. The second-order valence-electron chi connectivity index (χ2n) is 11.5. The number of fused-ring (bicyclic) bond motifs is 2. The third-order valence-electron chi connectivity index (χ3n) is 8.46. The molecule has 3 aliphatic rings. The van der Waals surface area contributed by atoms with Crippen molar-refractivity contribution in [2.75, 3.05) is 12.8 Å². The van der Waals surface area contributed by atoms with Gasteiger partial charge in [-0.2, -0.15) is 9.49 Å².